The summed E-state index contributed by atoms with van der Waals surface area (Å²) in [5, 5.41) is 11.7. The number of carbonyl (C=O) groups excluding carboxylic acids is 1. The second-order valence-corrected chi connectivity index (χ2v) is 7.03. The number of aliphatic carboxylic acids is 1. The maximum absolute atomic E-state index is 10.8. The average molecular weight is 387 g/mol. The first kappa shape index (κ1) is 15.9. The molecule has 1 aromatic heterocycles. The fourth-order valence-electron chi connectivity index (χ4n) is 2.25. The second-order valence-electron chi connectivity index (χ2n) is 5.08. The van der Waals surface area contributed by atoms with Crippen LogP contribution in [0.3, 0.4) is 0 Å². The van der Waals surface area contributed by atoms with Gasteiger partial charge in [-0.3, -0.25) is 0 Å². The van der Waals surface area contributed by atoms with Crippen LogP contribution < -0.4 is 5.11 Å². The summed E-state index contributed by atoms with van der Waals surface area (Å²) in [5.41, 5.74) is 2.86. The van der Waals surface area contributed by atoms with E-state index < -0.39 is 5.97 Å². The van der Waals surface area contributed by atoms with Crippen molar-refractivity contribution in [3.63, 3.8) is 0 Å². The normalized spacial score (nSPS) is 11.8. The summed E-state index contributed by atoms with van der Waals surface area (Å²) in [7, 11) is 0. The van der Waals surface area contributed by atoms with Crippen molar-refractivity contribution < 1.29 is 9.90 Å². The predicted octanol–water partition coefficient (Wildman–Crippen LogP) is 4.13. The molecular formula is C18H13BrNO2S-. The van der Waals surface area contributed by atoms with Gasteiger partial charge in [0.2, 0.25) is 0 Å². The summed E-state index contributed by atoms with van der Waals surface area (Å²) in [6.45, 7) is 0. The van der Waals surface area contributed by atoms with Crippen LogP contribution in [0.2, 0.25) is 0 Å². The summed E-state index contributed by atoms with van der Waals surface area (Å²) in [5.74, 6) is -1.05. The molecule has 23 heavy (non-hydrogen) atoms. The molecule has 0 bridgehead atoms. The number of nitrogens with zero attached hydrogens (tertiary/aromatic N) is 1. The number of allylic oxidation sites excluding steroid dienone is 1. The van der Waals surface area contributed by atoms with Crippen molar-refractivity contribution in [2.24, 2.45) is 0 Å². The third kappa shape index (κ3) is 4.06. The Kier molecular flexibility index (Phi) is 4.88. The Morgan fingerprint density at radius 1 is 1.13 bits per heavy atom. The van der Waals surface area contributed by atoms with Crippen LogP contribution in [0.4, 0.5) is 0 Å². The van der Waals surface area contributed by atoms with Crippen molar-refractivity contribution in [2.45, 2.75) is 12.8 Å². The van der Waals surface area contributed by atoms with Gasteiger partial charge >= 0.3 is 0 Å². The van der Waals surface area contributed by atoms with E-state index in [1.807, 2.05) is 54.6 Å². The molecule has 2 aromatic carbocycles. The van der Waals surface area contributed by atoms with Crippen molar-refractivity contribution in [3.8, 4) is 0 Å². The van der Waals surface area contributed by atoms with Crippen molar-refractivity contribution in [1.29, 1.82) is 0 Å². The van der Waals surface area contributed by atoms with Crippen LogP contribution in [0, 0.1) is 0 Å². The van der Waals surface area contributed by atoms with Crippen molar-refractivity contribution in [2.75, 3.05) is 0 Å². The molecule has 0 N–H and O–H groups in total. The molecule has 3 aromatic rings. The van der Waals surface area contributed by atoms with Crippen LogP contribution in [-0.2, 0) is 4.79 Å². The van der Waals surface area contributed by atoms with E-state index in [4.69, 9.17) is 0 Å². The zero-order valence-corrected chi connectivity index (χ0v) is 14.6. The number of hydrogen-bond acceptors (Lipinski definition) is 4. The first-order chi connectivity index (χ1) is 11.1. The fourth-order valence-corrected chi connectivity index (χ4v) is 3.52. The molecular weight excluding hydrogens is 374 g/mol. The molecule has 0 aliphatic heterocycles. The SMILES string of the molecule is O=C([O-])CC/C(=C\c1ccc(Br)cc1)c1nc2ccccc2s1. The van der Waals surface area contributed by atoms with Gasteiger partial charge in [-0.2, -0.15) is 0 Å². The molecule has 116 valence electrons. The van der Waals surface area contributed by atoms with Gasteiger partial charge in [0.1, 0.15) is 5.01 Å². The largest absolute Gasteiger partial charge is 0.550 e. The van der Waals surface area contributed by atoms with E-state index in [-0.39, 0.29) is 6.42 Å². The highest BCUT2D eigenvalue weighted by Crippen LogP contribution is 2.31. The number of halogens is 1. The van der Waals surface area contributed by atoms with E-state index in [0.29, 0.717) is 6.42 Å². The first-order valence-electron chi connectivity index (χ1n) is 7.14. The van der Waals surface area contributed by atoms with Crippen LogP contribution >= 0.6 is 27.3 Å². The molecule has 0 amide bonds. The maximum Gasteiger partial charge on any atom is 0.120 e. The van der Waals surface area contributed by atoms with E-state index in [1.54, 1.807) is 11.3 Å². The Balaban J connectivity index is 2.00. The van der Waals surface area contributed by atoms with Gasteiger partial charge in [0.15, 0.2) is 0 Å². The lowest BCUT2D eigenvalue weighted by Gasteiger charge is -2.06. The van der Waals surface area contributed by atoms with Gasteiger partial charge in [-0.15, -0.1) is 11.3 Å². The Hall–Kier alpha value is -1.98. The zero-order chi connectivity index (χ0) is 16.2. The summed E-state index contributed by atoms with van der Waals surface area (Å²) in [6.07, 6.45) is 2.38. The molecule has 0 aliphatic rings. The van der Waals surface area contributed by atoms with Crippen molar-refractivity contribution in [3.05, 3.63) is 63.6 Å². The first-order valence-corrected chi connectivity index (χ1v) is 8.75. The summed E-state index contributed by atoms with van der Waals surface area (Å²) < 4.78 is 2.10. The number of carbonyl (C=O) groups is 1. The zero-order valence-electron chi connectivity index (χ0n) is 12.2. The van der Waals surface area contributed by atoms with E-state index in [2.05, 4.69) is 20.9 Å². The van der Waals surface area contributed by atoms with Crippen molar-refractivity contribution >= 4 is 55.1 Å². The summed E-state index contributed by atoms with van der Waals surface area (Å²) >= 11 is 4.99. The molecule has 1 heterocycles. The van der Waals surface area contributed by atoms with E-state index in [0.717, 1.165) is 30.8 Å². The quantitative estimate of drug-likeness (QED) is 0.662. The van der Waals surface area contributed by atoms with Crippen LogP contribution in [0.1, 0.15) is 23.4 Å². The predicted molar refractivity (Wildman–Crippen MR) is 95.9 cm³/mol. The Bertz CT molecular complexity index is 835. The minimum Gasteiger partial charge on any atom is -0.550 e. The van der Waals surface area contributed by atoms with Gasteiger partial charge in [0.05, 0.1) is 10.2 Å². The van der Waals surface area contributed by atoms with Crippen LogP contribution in [0.5, 0.6) is 0 Å². The number of carboxylic acid groups (broad SMARTS) is 1. The lowest BCUT2D eigenvalue weighted by molar-refractivity contribution is -0.305. The number of hydrogen-bond donors (Lipinski definition) is 0. The number of para-hydroxylation sites is 1. The molecule has 0 spiro atoms. The van der Waals surface area contributed by atoms with Gasteiger partial charge in [0.25, 0.3) is 0 Å². The highest BCUT2D eigenvalue weighted by molar-refractivity contribution is 9.10. The maximum atomic E-state index is 10.8. The number of fused-ring (bicyclic) bond motifs is 1. The molecule has 0 aliphatic carbocycles. The minimum absolute atomic E-state index is 0.0156. The molecule has 3 nitrogen and oxygen atoms in total. The molecule has 0 fully saturated rings. The molecule has 5 heteroatoms. The van der Waals surface area contributed by atoms with E-state index in [1.165, 1.54) is 0 Å². The van der Waals surface area contributed by atoms with E-state index >= 15 is 0 Å². The number of carboxylic acids is 1. The Labute approximate surface area is 146 Å². The molecule has 0 unspecified atom stereocenters. The number of thiazole rings is 1. The van der Waals surface area contributed by atoms with Crippen LogP contribution in [0.15, 0.2) is 53.0 Å². The van der Waals surface area contributed by atoms with E-state index in [9.17, 15) is 9.90 Å². The Morgan fingerprint density at radius 3 is 2.57 bits per heavy atom. The summed E-state index contributed by atoms with van der Waals surface area (Å²) in [4.78, 5) is 15.5. The smallest absolute Gasteiger partial charge is 0.120 e. The molecule has 0 saturated heterocycles. The lowest BCUT2D eigenvalue weighted by atomic mass is 10.1. The fraction of sp³-hybridized carbons (Fsp3) is 0.111. The minimum atomic E-state index is -1.05. The highest BCUT2D eigenvalue weighted by Gasteiger charge is 2.09. The van der Waals surface area contributed by atoms with Crippen LogP contribution in [-0.4, -0.2) is 11.0 Å². The molecule has 0 saturated carbocycles. The number of aromatic nitrogens is 1. The van der Waals surface area contributed by atoms with Gasteiger partial charge in [-0.1, -0.05) is 40.2 Å². The van der Waals surface area contributed by atoms with Gasteiger partial charge in [-0.05, 0) is 54.3 Å². The molecule has 0 atom stereocenters. The third-order valence-corrected chi connectivity index (χ3v) is 5.02. The standard InChI is InChI=1S/C18H14BrNO2S/c19-14-8-5-12(6-9-14)11-13(7-10-17(21)22)18-20-15-3-1-2-4-16(15)23-18/h1-6,8-9,11H,7,10H2,(H,21,22)/p-1/b13-11+. The van der Waals surface area contributed by atoms with Crippen LogP contribution in [0.25, 0.3) is 21.9 Å². The molecule has 3 rings (SSSR count). The lowest BCUT2D eigenvalue weighted by Crippen LogP contribution is -2.21. The Morgan fingerprint density at radius 2 is 1.87 bits per heavy atom. The third-order valence-electron chi connectivity index (χ3n) is 3.38. The van der Waals surface area contributed by atoms with Crippen molar-refractivity contribution in [1.82, 2.24) is 4.98 Å². The number of rotatable bonds is 5. The van der Waals surface area contributed by atoms with Gasteiger partial charge in [0, 0.05) is 10.4 Å². The second kappa shape index (κ2) is 7.06. The topological polar surface area (TPSA) is 53.0 Å². The average Bonchev–Trinajstić information content (AvgIpc) is 2.97. The monoisotopic (exact) mass is 386 g/mol. The molecule has 0 radical (unpaired) electrons. The van der Waals surface area contributed by atoms with Gasteiger partial charge in [-0.25, -0.2) is 4.98 Å². The van der Waals surface area contributed by atoms with Gasteiger partial charge < -0.3 is 9.90 Å². The summed E-state index contributed by atoms with van der Waals surface area (Å²) in [6, 6.07) is 15.8. The highest BCUT2D eigenvalue weighted by atomic mass is 79.9. The number of benzene rings is 2.